The first-order chi connectivity index (χ1) is 13.2. The van der Waals surface area contributed by atoms with Gasteiger partial charge in [0.25, 0.3) is 0 Å². The third-order valence-corrected chi connectivity index (χ3v) is 3.62. The highest BCUT2D eigenvalue weighted by molar-refractivity contribution is 5.68. The van der Waals surface area contributed by atoms with E-state index >= 15 is 0 Å². The zero-order valence-electron chi connectivity index (χ0n) is 15.4. The van der Waals surface area contributed by atoms with Gasteiger partial charge in [-0.15, -0.1) is 6.42 Å². The molecular formula is C17H19N3O8. The summed E-state index contributed by atoms with van der Waals surface area (Å²) in [5.74, 6) is 0.547. The number of aromatic nitrogens is 2. The Bertz CT molecular complexity index is 859. The molecule has 1 aromatic rings. The summed E-state index contributed by atoms with van der Waals surface area (Å²) >= 11 is 0. The average Bonchev–Trinajstić information content (AvgIpc) is 2.89. The lowest BCUT2D eigenvalue weighted by atomic mass is 10.1. The van der Waals surface area contributed by atoms with E-state index in [4.69, 9.17) is 25.4 Å². The topological polar surface area (TPSA) is 146 Å². The maximum absolute atomic E-state index is 11.5. The van der Waals surface area contributed by atoms with Crippen molar-refractivity contribution in [1.29, 1.82) is 0 Å². The maximum Gasteiger partial charge on any atom is 0.346 e. The molecule has 11 nitrogen and oxygen atoms in total. The van der Waals surface area contributed by atoms with Crippen LogP contribution in [0.4, 0.5) is 5.82 Å². The molecule has 0 aromatic carbocycles. The minimum Gasteiger partial charge on any atom is -0.463 e. The number of terminal acetylenes is 1. The van der Waals surface area contributed by atoms with Crippen molar-refractivity contribution in [3.8, 4) is 12.3 Å². The zero-order valence-corrected chi connectivity index (χ0v) is 15.4. The van der Waals surface area contributed by atoms with Crippen LogP contribution >= 0.6 is 0 Å². The Hall–Kier alpha value is -3.39. The second kappa shape index (κ2) is 9.01. The summed E-state index contributed by atoms with van der Waals surface area (Å²) < 4.78 is 21.1. The van der Waals surface area contributed by atoms with E-state index in [1.165, 1.54) is 27.0 Å². The number of aromatic amines is 1. The van der Waals surface area contributed by atoms with E-state index in [-0.39, 0.29) is 18.0 Å². The summed E-state index contributed by atoms with van der Waals surface area (Å²) in [7, 11) is 0. The van der Waals surface area contributed by atoms with Crippen LogP contribution in [0.5, 0.6) is 0 Å². The molecule has 1 saturated heterocycles. The summed E-state index contributed by atoms with van der Waals surface area (Å²) in [4.78, 5) is 51.6. The summed E-state index contributed by atoms with van der Waals surface area (Å²) in [6.45, 7) is 3.29. The SMILES string of the molecule is C#Cc1cnc(=O)[nH]c1N[C@@H]1O[C@H](COC(C)=O)[C@H](OC(C)=O)[C@H]1OC(C)=O. The molecule has 28 heavy (non-hydrogen) atoms. The number of rotatable bonds is 6. The molecule has 1 aromatic heterocycles. The maximum atomic E-state index is 11.5. The molecule has 0 radical (unpaired) electrons. The van der Waals surface area contributed by atoms with Gasteiger partial charge in [-0.1, -0.05) is 5.92 Å². The lowest BCUT2D eigenvalue weighted by Gasteiger charge is -2.24. The molecule has 150 valence electrons. The molecule has 1 aliphatic rings. The van der Waals surface area contributed by atoms with Crippen LogP contribution in [0.25, 0.3) is 0 Å². The summed E-state index contributed by atoms with van der Waals surface area (Å²) in [6, 6.07) is 0. The van der Waals surface area contributed by atoms with E-state index in [1.54, 1.807) is 0 Å². The van der Waals surface area contributed by atoms with Crippen LogP contribution in [0, 0.1) is 12.3 Å². The highest BCUT2D eigenvalue weighted by Crippen LogP contribution is 2.28. The Labute approximate surface area is 159 Å². The molecule has 0 saturated carbocycles. The van der Waals surface area contributed by atoms with Gasteiger partial charge in [-0.05, 0) is 0 Å². The van der Waals surface area contributed by atoms with E-state index in [2.05, 4.69) is 21.2 Å². The zero-order chi connectivity index (χ0) is 20.8. The summed E-state index contributed by atoms with van der Waals surface area (Å²) in [5.41, 5.74) is -0.450. The van der Waals surface area contributed by atoms with Gasteiger partial charge in [-0.3, -0.25) is 19.4 Å². The Morgan fingerprint density at radius 2 is 1.86 bits per heavy atom. The fourth-order valence-electron chi connectivity index (χ4n) is 2.59. The minimum absolute atomic E-state index is 0.0966. The molecule has 1 aliphatic heterocycles. The van der Waals surface area contributed by atoms with Crippen LogP contribution < -0.4 is 11.0 Å². The largest absolute Gasteiger partial charge is 0.463 e. The van der Waals surface area contributed by atoms with Gasteiger partial charge in [-0.25, -0.2) is 9.78 Å². The van der Waals surface area contributed by atoms with Crippen LogP contribution in [0.2, 0.25) is 0 Å². The number of hydrogen-bond acceptors (Lipinski definition) is 10. The first-order valence-corrected chi connectivity index (χ1v) is 8.17. The number of nitrogens with one attached hydrogen (secondary N) is 2. The number of hydrogen-bond donors (Lipinski definition) is 2. The highest BCUT2D eigenvalue weighted by Gasteiger charge is 2.50. The Balaban J connectivity index is 2.34. The molecule has 0 unspecified atom stereocenters. The predicted octanol–water partition coefficient (Wildman–Crippen LogP) is -0.685. The van der Waals surface area contributed by atoms with Crippen LogP contribution in [0.1, 0.15) is 26.3 Å². The Kier molecular flexibility index (Phi) is 6.73. The van der Waals surface area contributed by atoms with Crippen molar-refractivity contribution in [3.63, 3.8) is 0 Å². The molecule has 0 amide bonds. The van der Waals surface area contributed by atoms with Crippen molar-refractivity contribution < 1.29 is 33.3 Å². The molecule has 2 heterocycles. The molecular weight excluding hydrogens is 374 g/mol. The van der Waals surface area contributed by atoms with E-state index < -0.39 is 48.1 Å². The average molecular weight is 393 g/mol. The fourth-order valence-corrected chi connectivity index (χ4v) is 2.59. The van der Waals surface area contributed by atoms with Gasteiger partial charge < -0.3 is 24.3 Å². The van der Waals surface area contributed by atoms with E-state index in [0.717, 1.165) is 0 Å². The number of ether oxygens (including phenoxy) is 4. The monoisotopic (exact) mass is 393 g/mol. The lowest BCUT2D eigenvalue weighted by Crippen LogP contribution is -2.43. The van der Waals surface area contributed by atoms with Gasteiger partial charge in [0.1, 0.15) is 18.5 Å². The number of anilines is 1. The number of carbonyl (C=O) groups is 3. The predicted molar refractivity (Wildman–Crippen MR) is 92.8 cm³/mol. The van der Waals surface area contributed by atoms with Crippen molar-refractivity contribution >= 4 is 23.7 Å². The second-order valence-corrected chi connectivity index (χ2v) is 5.81. The standard InChI is InChI=1S/C17H19N3O8/c1-5-11-6-18-17(24)20-15(11)19-16-14(27-10(4)23)13(26-9(3)22)12(28-16)7-25-8(2)21/h1,6,12-14,16H,7H2,2-4H3,(H2,18,19,20,24)/t12-,13+,14-,16-/m1/s1. The summed E-state index contributed by atoms with van der Waals surface area (Å²) in [5, 5.41) is 2.81. The molecule has 0 aliphatic carbocycles. The molecule has 0 bridgehead atoms. The number of esters is 3. The van der Waals surface area contributed by atoms with Crippen LogP contribution in [0.3, 0.4) is 0 Å². The summed E-state index contributed by atoms with van der Waals surface area (Å²) in [6.07, 6.45) is 2.39. The van der Waals surface area contributed by atoms with Crippen LogP contribution in [0.15, 0.2) is 11.0 Å². The number of H-pyrrole nitrogens is 1. The van der Waals surface area contributed by atoms with Gasteiger partial charge in [0.15, 0.2) is 18.4 Å². The van der Waals surface area contributed by atoms with Crippen LogP contribution in [-0.2, 0) is 33.3 Å². The van der Waals surface area contributed by atoms with E-state index in [9.17, 15) is 19.2 Å². The van der Waals surface area contributed by atoms with Gasteiger partial charge in [0, 0.05) is 20.8 Å². The molecule has 2 N–H and O–H groups in total. The molecule has 4 atom stereocenters. The van der Waals surface area contributed by atoms with Crippen molar-refractivity contribution in [3.05, 3.63) is 22.2 Å². The first-order valence-electron chi connectivity index (χ1n) is 8.17. The van der Waals surface area contributed by atoms with Crippen molar-refractivity contribution in [2.75, 3.05) is 11.9 Å². The molecule has 11 heteroatoms. The first kappa shape index (κ1) is 20.9. The molecule has 0 spiro atoms. The van der Waals surface area contributed by atoms with Gasteiger partial charge in [0.2, 0.25) is 0 Å². The minimum atomic E-state index is -1.11. The quantitative estimate of drug-likeness (QED) is 0.362. The second-order valence-electron chi connectivity index (χ2n) is 5.81. The Morgan fingerprint density at radius 1 is 1.21 bits per heavy atom. The third kappa shape index (κ3) is 5.31. The smallest absolute Gasteiger partial charge is 0.346 e. The third-order valence-electron chi connectivity index (χ3n) is 3.62. The fraction of sp³-hybridized carbons (Fsp3) is 0.471. The van der Waals surface area contributed by atoms with Gasteiger partial charge in [-0.2, -0.15) is 0 Å². The van der Waals surface area contributed by atoms with E-state index in [0.29, 0.717) is 0 Å². The van der Waals surface area contributed by atoms with Gasteiger partial charge in [0.05, 0.1) is 11.8 Å². The van der Waals surface area contributed by atoms with Crippen molar-refractivity contribution in [1.82, 2.24) is 9.97 Å². The normalized spacial score (nSPS) is 23.4. The highest BCUT2D eigenvalue weighted by atomic mass is 16.7. The van der Waals surface area contributed by atoms with Crippen molar-refractivity contribution in [2.24, 2.45) is 0 Å². The lowest BCUT2D eigenvalue weighted by molar-refractivity contribution is -0.165. The van der Waals surface area contributed by atoms with E-state index in [1.807, 2.05) is 0 Å². The number of carbonyl (C=O) groups excluding carboxylic acids is 3. The van der Waals surface area contributed by atoms with Gasteiger partial charge >= 0.3 is 23.6 Å². The number of nitrogens with zero attached hydrogens (tertiary/aromatic N) is 1. The van der Waals surface area contributed by atoms with Crippen molar-refractivity contribution in [2.45, 2.75) is 45.3 Å². The molecule has 1 fully saturated rings. The van der Waals surface area contributed by atoms with Crippen LogP contribution in [-0.4, -0.2) is 59.0 Å². The molecule has 2 rings (SSSR count). The Morgan fingerprint density at radius 3 is 2.43 bits per heavy atom.